The fraction of sp³-hybridized carbons (Fsp3) is 0.174. The van der Waals surface area contributed by atoms with Gasteiger partial charge in [-0.3, -0.25) is 0 Å². The highest BCUT2D eigenvalue weighted by Crippen LogP contribution is 2.53. The number of ether oxygens (including phenoxy) is 1. The third-order valence-corrected chi connectivity index (χ3v) is 6.98. The van der Waals surface area contributed by atoms with E-state index in [1.807, 2.05) is 30.3 Å². The summed E-state index contributed by atoms with van der Waals surface area (Å²) in [5.41, 5.74) is 0.823. The lowest BCUT2D eigenvalue weighted by Gasteiger charge is -2.27. The van der Waals surface area contributed by atoms with Gasteiger partial charge in [-0.15, -0.1) is 0 Å². The number of amides is 1. The van der Waals surface area contributed by atoms with E-state index in [9.17, 15) is 9.36 Å². The predicted molar refractivity (Wildman–Crippen MR) is 126 cm³/mol. The summed E-state index contributed by atoms with van der Waals surface area (Å²) in [7, 11) is -3.99. The molecule has 1 unspecified atom stereocenters. The Morgan fingerprint density at radius 1 is 0.906 bits per heavy atom. The molecule has 0 saturated heterocycles. The number of nitrogens with one attached hydrogen (secondary N) is 1. The zero-order valence-corrected chi connectivity index (χ0v) is 19.6. The molecule has 0 aromatic heterocycles. The van der Waals surface area contributed by atoms with Gasteiger partial charge in [0.2, 0.25) is 0 Å². The molecule has 1 amide bonds. The molecule has 6 nitrogen and oxygen atoms in total. The Hall–Kier alpha value is -2.66. The zero-order chi connectivity index (χ0) is 23.0. The third-order valence-electron chi connectivity index (χ3n) is 4.32. The lowest BCUT2D eigenvalue weighted by atomic mass is 10.2. The normalized spacial score (nSPS) is 12.0. The highest BCUT2D eigenvalue weighted by molar-refractivity contribution is 7.55. The minimum Gasteiger partial charge on any atom is -0.445 e. The van der Waals surface area contributed by atoms with Crippen LogP contribution in [0.5, 0.6) is 11.5 Å². The fourth-order valence-electron chi connectivity index (χ4n) is 2.79. The van der Waals surface area contributed by atoms with Crippen LogP contribution in [0.4, 0.5) is 4.79 Å². The molecule has 0 bridgehead atoms. The summed E-state index contributed by atoms with van der Waals surface area (Å²) in [6.45, 7) is 1.81. The largest absolute Gasteiger partial charge is 0.453 e. The Balaban J connectivity index is 1.80. The van der Waals surface area contributed by atoms with Gasteiger partial charge in [-0.25, -0.2) is 9.36 Å². The Kier molecular flexibility index (Phi) is 8.46. The molecule has 0 radical (unpaired) electrons. The molecule has 3 aromatic rings. The smallest absolute Gasteiger partial charge is 0.445 e. The van der Waals surface area contributed by atoms with Crippen molar-refractivity contribution >= 4 is 36.9 Å². The van der Waals surface area contributed by atoms with E-state index in [4.69, 9.17) is 37.0 Å². The summed E-state index contributed by atoms with van der Waals surface area (Å²) in [5.74, 6) is -0.523. The minimum atomic E-state index is -3.99. The second-order valence-electron chi connectivity index (χ2n) is 6.77. The number of carbonyl (C=O) groups excluding carboxylic acids is 1. The number of hydrogen-bond donors (Lipinski definition) is 1. The van der Waals surface area contributed by atoms with E-state index in [2.05, 4.69) is 5.32 Å². The lowest BCUT2D eigenvalue weighted by Crippen LogP contribution is -2.37. The molecule has 1 N–H and O–H groups in total. The summed E-state index contributed by atoms with van der Waals surface area (Å²) >= 11 is 12.1. The molecule has 0 spiro atoms. The van der Waals surface area contributed by atoms with Crippen molar-refractivity contribution in [3.63, 3.8) is 0 Å². The maximum atomic E-state index is 13.9. The molecule has 1 atom stereocenters. The molecule has 0 saturated carbocycles. The highest BCUT2D eigenvalue weighted by atomic mass is 35.5. The van der Waals surface area contributed by atoms with Gasteiger partial charge in [0.1, 0.15) is 18.1 Å². The van der Waals surface area contributed by atoms with Crippen LogP contribution < -0.4 is 14.4 Å². The Morgan fingerprint density at radius 3 is 1.97 bits per heavy atom. The molecule has 0 fully saturated rings. The summed E-state index contributed by atoms with van der Waals surface area (Å²) in [6.07, 6.45) is -0.496. The number of hydrogen-bond acceptors (Lipinski definition) is 5. The van der Waals surface area contributed by atoms with E-state index in [-0.39, 0.29) is 24.5 Å². The molecule has 32 heavy (non-hydrogen) atoms. The van der Waals surface area contributed by atoms with Gasteiger partial charge < -0.3 is 19.1 Å². The molecular weight excluding hydrogens is 472 g/mol. The van der Waals surface area contributed by atoms with Crippen LogP contribution in [0.2, 0.25) is 10.0 Å². The second-order valence-corrected chi connectivity index (χ2v) is 9.71. The first-order chi connectivity index (χ1) is 15.4. The van der Waals surface area contributed by atoms with Crippen molar-refractivity contribution < 1.29 is 23.1 Å². The second kappa shape index (κ2) is 11.3. The van der Waals surface area contributed by atoms with Crippen molar-refractivity contribution in [2.75, 3.05) is 0 Å². The van der Waals surface area contributed by atoms with E-state index >= 15 is 0 Å². The van der Waals surface area contributed by atoms with E-state index in [1.165, 1.54) is 12.1 Å². The van der Waals surface area contributed by atoms with Gasteiger partial charge in [0.15, 0.2) is 5.78 Å². The van der Waals surface area contributed by atoms with E-state index in [0.29, 0.717) is 10.0 Å². The van der Waals surface area contributed by atoms with Gasteiger partial charge in [-0.05, 0) is 48.4 Å². The molecule has 3 rings (SSSR count). The van der Waals surface area contributed by atoms with Gasteiger partial charge in [-0.2, -0.15) is 0 Å². The molecule has 3 aromatic carbocycles. The van der Waals surface area contributed by atoms with Crippen molar-refractivity contribution in [3.8, 4) is 11.5 Å². The van der Waals surface area contributed by atoms with Gasteiger partial charge in [0.05, 0.1) is 0 Å². The van der Waals surface area contributed by atoms with Crippen molar-refractivity contribution in [1.82, 2.24) is 5.32 Å². The Morgan fingerprint density at radius 2 is 1.47 bits per heavy atom. The first-order valence-electron chi connectivity index (χ1n) is 9.85. The number of alkyl carbamates (subject to hydrolysis) is 1. The van der Waals surface area contributed by atoms with Crippen LogP contribution in [0.1, 0.15) is 18.9 Å². The summed E-state index contributed by atoms with van der Waals surface area (Å²) in [5, 5.41) is 3.41. The van der Waals surface area contributed by atoms with Crippen LogP contribution >= 0.6 is 30.8 Å². The maximum Gasteiger partial charge on any atom is 0.453 e. The summed E-state index contributed by atoms with van der Waals surface area (Å²) < 4.78 is 30.7. The van der Waals surface area contributed by atoms with E-state index in [0.717, 1.165) is 5.56 Å². The summed E-state index contributed by atoms with van der Waals surface area (Å²) in [4.78, 5) is 12.4. The van der Waals surface area contributed by atoms with Crippen LogP contribution in [0.25, 0.3) is 0 Å². The van der Waals surface area contributed by atoms with Crippen LogP contribution in [-0.2, 0) is 15.9 Å². The average molecular weight is 494 g/mol. The standard InChI is InChI=1S/C23H22Cl2NO5P/c1-2-22(26-23(27)29-16-17-8-4-3-5-9-17)32(28,30-20-12-6-10-18(24)14-20)31-21-13-7-11-19(25)15-21/h3-15,22H,2,16H2,1H3,(H,26,27). The molecule has 0 heterocycles. The number of halogens is 2. The van der Waals surface area contributed by atoms with E-state index < -0.39 is 19.5 Å². The van der Waals surface area contributed by atoms with Crippen LogP contribution in [0.15, 0.2) is 78.9 Å². The minimum absolute atomic E-state index is 0.0672. The number of benzene rings is 3. The van der Waals surface area contributed by atoms with Crippen LogP contribution in [0.3, 0.4) is 0 Å². The topological polar surface area (TPSA) is 73.9 Å². The van der Waals surface area contributed by atoms with Gasteiger partial charge >= 0.3 is 13.7 Å². The molecule has 9 heteroatoms. The molecule has 168 valence electrons. The number of rotatable bonds is 9. The molecule has 0 aliphatic heterocycles. The summed E-state index contributed by atoms with van der Waals surface area (Å²) in [6, 6.07) is 22.1. The van der Waals surface area contributed by atoms with Crippen molar-refractivity contribution in [3.05, 3.63) is 94.5 Å². The van der Waals surface area contributed by atoms with E-state index in [1.54, 1.807) is 43.3 Å². The van der Waals surface area contributed by atoms with Crippen molar-refractivity contribution in [1.29, 1.82) is 0 Å². The SMILES string of the molecule is CCC(NC(=O)OCc1ccccc1)P(=O)(Oc1cccc(Cl)c1)Oc1cccc(Cl)c1. The first-order valence-corrected chi connectivity index (χ1v) is 12.2. The fourth-order valence-corrected chi connectivity index (χ4v) is 4.97. The first kappa shape index (κ1) is 24.0. The van der Waals surface area contributed by atoms with Gasteiger partial charge in [0, 0.05) is 10.0 Å². The third kappa shape index (κ3) is 6.92. The lowest BCUT2D eigenvalue weighted by molar-refractivity contribution is 0.137. The predicted octanol–water partition coefficient (Wildman–Crippen LogP) is 7.31. The average Bonchev–Trinajstić information content (AvgIpc) is 2.76. The maximum absolute atomic E-state index is 13.9. The zero-order valence-electron chi connectivity index (χ0n) is 17.2. The monoisotopic (exact) mass is 493 g/mol. The van der Waals surface area contributed by atoms with Crippen molar-refractivity contribution in [2.45, 2.75) is 25.7 Å². The van der Waals surface area contributed by atoms with Crippen LogP contribution in [0, 0.1) is 0 Å². The highest BCUT2D eigenvalue weighted by Gasteiger charge is 2.40. The number of carbonyl (C=O) groups is 1. The van der Waals surface area contributed by atoms with Crippen LogP contribution in [-0.4, -0.2) is 11.9 Å². The van der Waals surface area contributed by atoms with Gasteiger partial charge in [0.25, 0.3) is 0 Å². The molecule has 0 aliphatic rings. The molecular formula is C23H22Cl2NO5P. The quantitative estimate of drug-likeness (QED) is 0.316. The Labute approximate surface area is 196 Å². The van der Waals surface area contributed by atoms with Gasteiger partial charge in [-0.1, -0.05) is 72.6 Å². The Bertz CT molecular complexity index is 1050. The van der Waals surface area contributed by atoms with Crippen molar-refractivity contribution in [2.24, 2.45) is 0 Å². The molecule has 0 aliphatic carbocycles.